The quantitative estimate of drug-likeness (QED) is 0.282. The molecule has 0 aromatic carbocycles. The Morgan fingerprint density at radius 3 is 2.25 bits per heavy atom. The van der Waals surface area contributed by atoms with Crippen molar-refractivity contribution in [1.82, 2.24) is 16.2 Å². The Kier molecular flexibility index (Phi) is 4.20. The minimum atomic E-state index is -0.758. The largest absolute Gasteiger partial charge is 0.369 e. The molecule has 0 rings (SSSR count). The van der Waals surface area contributed by atoms with Gasteiger partial charge in [-0.15, -0.1) is 0 Å². The van der Waals surface area contributed by atoms with E-state index in [1.807, 2.05) is 10.9 Å². The minimum Gasteiger partial charge on any atom is -0.369 e. The zero-order valence-corrected chi connectivity index (χ0v) is 6.51. The molecule has 0 atom stereocenters. The fourth-order valence-corrected chi connectivity index (χ4v) is 0.391. The van der Waals surface area contributed by atoms with E-state index >= 15 is 0 Å². The minimum absolute atomic E-state index is 0.454. The van der Waals surface area contributed by atoms with Crippen LogP contribution in [-0.4, -0.2) is 24.9 Å². The highest BCUT2D eigenvalue weighted by Gasteiger charge is 2.05. The summed E-state index contributed by atoms with van der Waals surface area (Å²) in [6.07, 6.45) is -0.454. The highest BCUT2D eigenvalue weighted by molar-refractivity contribution is 5.96. The van der Waals surface area contributed by atoms with E-state index in [-0.39, 0.29) is 0 Å². The SMILES string of the molecule is CNC(=O)NNC(=O)CC(N)=O. The molecule has 68 valence electrons. The summed E-state index contributed by atoms with van der Waals surface area (Å²) in [5.41, 5.74) is 8.65. The fraction of sp³-hybridized carbons (Fsp3) is 0.400. The second-order valence-electron chi connectivity index (χ2n) is 1.90. The number of carbonyl (C=O) groups is 3. The standard InChI is InChI=1S/C5H10N4O3/c1-7-5(12)9-8-4(11)2-3(6)10/h2H2,1H3,(H2,6,10)(H,8,11)(H2,7,9,12). The third-order valence-electron chi connectivity index (χ3n) is 0.877. The first kappa shape index (κ1) is 10.2. The van der Waals surface area contributed by atoms with Gasteiger partial charge in [-0.25, -0.2) is 10.2 Å². The van der Waals surface area contributed by atoms with Gasteiger partial charge in [0, 0.05) is 7.05 Å². The Labute approximate surface area is 68.6 Å². The first-order chi connectivity index (χ1) is 5.56. The van der Waals surface area contributed by atoms with Crippen molar-refractivity contribution in [1.29, 1.82) is 0 Å². The lowest BCUT2D eigenvalue weighted by Gasteiger charge is -2.04. The van der Waals surface area contributed by atoms with E-state index in [1.54, 1.807) is 0 Å². The second kappa shape index (κ2) is 4.94. The van der Waals surface area contributed by atoms with E-state index in [4.69, 9.17) is 5.73 Å². The molecule has 0 spiro atoms. The molecule has 0 unspecified atom stereocenters. The molecule has 0 aliphatic rings. The highest BCUT2D eigenvalue weighted by Crippen LogP contribution is 1.73. The second-order valence-corrected chi connectivity index (χ2v) is 1.90. The van der Waals surface area contributed by atoms with Crippen molar-refractivity contribution >= 4 is 17.8 Å². The summed E-state index contributed by atoms with van der Waals surface area (Å²) in [4.78, 5) is 31.2. The fourth-order valence-electron chi connectivity index (χ4n) is 0.391. The molecular weight excluding hydrogens is 164 g/mol. The summed E-state index contributed by atoms with van der Waals surface area (Å²) >= 11 is 0. The molecule has 4 amide bonds. The van der Waals surface area contributed by atoms with Crippen LogP contribution in [0.5, 0.6) is 0 Å². The van der Waals surface area contributed by atoms with Crippen LogP contribution in [0.15, 0.2) is 0 Å². The van der Waals surface area contributed by atoms with Gasteiger partial charge in [0.2, 0.25) is 11.8 Å². The molecule has 0 saturated heterocycles. The number of urea groups is 1. The van der Waals surface area contributed by atoms with Crippen LogP contribution in [0, 0.1) is 0 Å². The van der Waals surface area contributed by atoms with Gasteiger partial charge in [-0.2, -0.15) is 0 Å². The van der Waals surface area contributed by atoms with Gasteiger partial charge in [0.15, 0.2) is 0 Å². The van der Waals surface area contributed by atoms with Gasteiger partial charge in [-0.1, -0.05) is 0 Å². The van der Waals surface area contributed by atoms with Crippen LogP contribution >= 0.6 is 0 Å². The number of primary amides is 1. The van der Waals surface area contributed by atoms with E-state index in [1.165, 1.54) is 7.05 Å². The van der Waals surface area contributed by atoms with Crippen LogP contribution in [-0.2, 0) is 9.59 Å². The number of hydrogen-bond donors (Lipinski definition) is 4. The molecule has 0 aromatic heterocycles. The predicted octanol–water partition coefficient (Wildman–Crippen LogP) is -2.18. The topological polar surface area (TPSA) is 113 Å². The summed E-state index contributed by atoms with van der Waals surface area (Å²) in [5, 5.41) is 2.19. The van der Waals surface area contributed by atoms with Crippen molar-refractivity contribution in [3.05, 3.63) is 0 Å². The van der Waals surface area contributed by atoms with Crippen LogP contribution in [0.2, 0.25) is 0 Å². The Balaban J connectivity index is 3.57. The molecule has 0 aliphatic carbocycles. The molecule has 0 saturated carbocycles. The first-order valence-electron chi connectivity index (χ1n) is 3.11. The number of amides is 4. The first-order valence-corrected chi connectivity index (χ1v) is 3.11. The van der Waals surface area contributed by atoms with Crippen molar-refractivity contribution in [2.45, 2.75) is 6.42 Å². The van der Waals surface area contributed by atoms with E-state index < -0.39 is 24.3 Å². The summed E-state index contributed by atoms with van der Waals surface area (Å²) in [5.74, 6) is -1.42. The molecule has 5 N–H and O–H groups in total. The van der Waals surface area contributed by atoms with Crippen molar-refractivity contribution < 1.29 is 14.4 Å². The van der Waals surface area contributed by atoms with Gasteiger partial charge in [0.1, 0.15) is 6.42 Å². The lowest BCUT2D eigenvalue weighted by Crippen LogP contribution is -2.46. The van der Waals surface area contributed by atoms with Gasteiger partial charge < -0.3 is 11.1 Å². The van der Waals surface area contributed by atoms with E-state index in [9.17, 15) is 14.4 Å². The summed E-state index contributed by atoms with van der Waals surface area (Å²) in [6.45, 7) is 0. The van der Waals surface area contributed by atoms with Crippen molar-refractivity contribution in [3.8, 4) is 0 Å². The number of hydrazine groups is 1. The van der Waals surface area contributed by atoms with Crippen molar-refractivity contribution in [2.24, 2.45) is 5.73 Å². The smallest absolute Gasteiger partial charge is 0.333 e. The van der Waals surface area contributed by atoms with Gasteiger partial charge in [-0.3, -0.25) is 15.0 Å². The molecule has 0 bridgehead atoms. The maximum atomic E-state index is 10.6. The van der Waals surface area contributed by atoms with E-state index in [0.29, 0.717) is 0 Å². The van der Waals surface area contributed by atoms with Crippen LogP contribution in [0.1, 0.15) is 6.42 Å². The molecule has 0 heterocycles. The normalized spacial score (nSPS) is 8.42. The van der Waals surface area contributed by atoms with Crippen LogP contribution < -0.4 is 21.9 Å². The number of rotatable bonds is 2. The zero-order chi connectivity index (χ0) is 9.56. The number of hydrogen-bond acceptors (Lipinski definition) is 3. The summed E-state index contributed by atoms with van der Waals surface area (Å²) < 4.78 is 0. The maximum absolute atomic E-state index is 10.6. The Hall–Kier alpha value is -1.79. The third-order valence-corrected chi connectivity index (χ3v) is 0.877. The Morgan fingerprint density at radius 1 is 1.25 bits per heavy atom. The van der Waals surface area contributed by atoms with E-state index in [2.05, 4.69) is 5.32 Å². The average Bonchev–Trinajstić information content (AvgIpc) is 1.99. The highest BCUT2D eigenvalue weighted by atomic mass is 16.2. The zero-order valence-electron chi connectivity index (χ0n) is 6.51. The maximum Gasteiger partial charge on any atom is 0.333 e. The van der Waals surface area contributed by atoms with Gasteiger partial charge in [0.25, 0.3) is 0 Å². The van der Waals surface area contributed by atoms with Crippen molar-refractivity contribution in [2.75, 3.05) is 7.05 Å². The molecule has 0 aliphatic heterocycles. The predicted molar refractivity (Wildman–Crippen MR) is 39.5 cm³/mol. The van der Waals surface area contributed by atoms with E-state index in [0.717, 1.165) is 0 Å². The lowest BCUT2D eigenvalue weighted by molar-refractivity contribution is -0.128. The molecule has 0 fully saturated rings. The molecule has 0 radical (unpaired) electrons. The molecule has 7 nitrogen and oxygen atoms in total. The number of nitrogens with one attached hydrogen (secondary N) is 3. The molecule has 0 aromatic rings. The number of carbonyl (C=O) groups excluding carboxylic acids is 3. The summed E-state index contributed by atoms with van der Waals surface area (Å²) in [6, 6.07) is -0.576. The summed E-state index contributed by atoms with van der Waals surface area (Å²) in [7, 11) is 1.38. The molecular formula is C5H10N4O3. The van der Waals surface area contributed by atoms with Crippen molar-refractivity contribution in [3.63, 3.8) is 0 Å². The Bertz CT molecular complexity index is 203. The van der Waals surface area contributed by atoms with Crippen LogP contribution in [0.3, 0.4) is 0 Å². The van der Waals surface area contributed by atoms with Gasteiger partial charge >= 0.3 is 6.03 Å². The molecule has 12 heavy (non-hydrogen) atoms. The third kappa shape index (κ3) is 5.03. The lowest BCUT2D eigenvalue weighted by atomic mass is 10.4. The Morgan fingerprint density at radius 2 is 1.83 bits per heavy atom. The molecule has 7 heteroatoms. The van der Waals surface area contributed by atoms with Crippen LogP contribution in [0.4, 0.5) is 4.79 Å². The van der Waals surface area contributed by atoms with Gasteiger partial charge in [-0.05, 0) is 0 Å². The number of nitrogens with two attached hydrogens (primary N) is 1. The van der Waals surface area contributed by atoms with Gasteiger partial charge in [0.05, 0.1) is 0 Å². The monoisotopic (exact) mass is 174 g/mol. The average molecular weight is 174 g/mol. The van der Waals surface area contributed by atoms with Crippen LogP contribution in [0.25, 0.3) is 0 Å².